The molecule has 0 atom stereocenters. The van der Waals surface area contributed by atoms with E-state index in [1.165, 1.54) is 30.5 Å². The molecule has 3 rings (SSSR count). The molecule has 0 aliphatic heterocycles. The van der Waals surface area contributed by atoms with Crippen molar-refractivity contribution < 1.29 is 18.9 Å². The van der Waals surface area contributed by atoms with Crippen LogP contribution in [0.2, 0.25) is 5.02 Å². The summed E-state index contributed by atoms with van der Waals surface area (Å²) in [5.74, 6) is 0.967. The highest BCUT2D eigenvalue weighted by molar-refractivity contribution is 6.32. The minimum Gasteiger partial charge on any atom is -0.484 e. The lowest BCUT2D eigenvalue weighted by Gasteiger charge is -2.09. The number of para-hydroxylation sites is 1. The summed E-state index contributed by atoms with van der Waals surface area (Å²) in [6.07, 6.45) is 1.32. The second-order valence-electron chi connectivity index (χ2n) is 5.99. The molecule has 0 fully saturated rings. The molecule has 3 aromatic rings. The highest BCUT2D eigenvalue weighted by atomic mass is 35.5. The number of non-ortho nitro benzene ring substituents is 1. The van der Waals surface area contributed by atoms with Gasteiger partial charge < -0.3 is 9.15 Å². The Labute approximate surface area is 170 Å². The van der Waals surface area contributed by atoms with Crippen molar-refractivity contribution in [1.82, 2.24) is 5.43 Å². The van der Waals surface area contributed by atoms with Gasteiger partial charge in [-0.25, -0.2) is 5.43 Å². The Morgan fingerprint density at radius 3 is 2.83 bits per heavy atom. The number of carbonyl (C=O) groups is 1. The fourth-order valence-corrected chi connectivity index (χ4v) is 2.74. The molecule has 0 aliphatic carbocycles. The molecule has 1 N–H and O–H groups in total. The van der Waals surface area contributed by atoms with E-state index in [2.05, 4.69) is 10.5 Å². The largest absolute Gasteiger partial charge is 0.484 e. The molecular formula is C20H16ClN3O5. The van der Waals surface area contributed by atoms with E-state index < -0.39 is 10.8 Å². The summed E-state index contributed by atoms with van der Waals surface area (Å²) >= 11 is 6.12. The number of hydrogen-bond acceptors (Lipinski definition) is 6. The third kappa shape index (κ3) is 5.20. The van der Waals surface area contributed by atoms with Gasteiger partial charge in [0.05, 0.1) is 16.2 Å². The number of carbonyl (C=O) groups excluding carboxylic acids is 1. The maximum absolute atomic E-state index is 12.0. The smallest absolute Gasteiger partial charge is 0.271 e. The van der Waals surface area contributed by atoms with Gasteiger partial charge in [0.2, 0.25) is 0 Å². The van der Waals surface area contributed by atoms with Gasteiger partial charge in [0.15, 0.2) is 0 Å². The molecule has 0 radical (unpaired) electrons. The first-order valence-electron chi connectivity index (χ1n) is 8.48. The van der Waals surface area contributed by atoms with Crippen molar-refractivity contribution >= 4 is 29.4 Å². The van der Waals surface area contributed by atoms with Gasteiger partial charge in [-0.2, -0.15) is 5.10 Å². The Morgan fingerprint density at radius 2 is 2.07 bits per heavy atom. The van der Waals surface area contributed by atoms with Crippen LogP contribution in [0.15, 0.2) is 64.1 Å². The number of ether oxygens (including phenoxy) is 1. The van der Waals surface area contributed by atoms with Crippen molar-refractivity contribution in [2.75, 3.05) is 0 Å². The van der Waals surface area contributed by atoms with Crippen LogP contribution < -0.4 is 10.2 Å². The van der Waals surface area contributed by atoms with Crippen molar-refractivity contribution in [2.24, 2.45) is 5.10 Å². The highest BCUT2D eigenvalue weighted by Gasteiger charge is 2.11. The van der Waals surface area contributed by atoms with Gasteiger partial charge in [0.1, 0.15) is 23.9 Å². The fraction of sp³-hybridized carbons (Fsp3) is 0.100. The molecule has 0 saturated carbocycles. The lowest BCUT2D eigenvalue weighted by atomic mass is 10.2. The summed E-state index contributed by atoms with van der Waals surface area (Å²) in [6.45, 7) is 2.07. The number of nitrogens with one attached hydrogen (secondary N) is 1. The molecule has 1 heterocycles. The zero-order valence-electron chi connectivity index (χ0n) is 15.3. The standard InChI is InChI=1S/C20H16ClN3O5/c1-13-4-2-7-18(21)19(13)28-12-17-9-8-16(29-17)11-22-23-20(25)14-5-3-6-15(10-14)24(26)27/h2-11H,12H2,1H3,(H,23,25)/b22-11+. The summed E-state index contributed by atoms with van der Waals surface area (Å²) in [5.41, 5.74) is 3.16. The van der Waals surface area contributed by atoms with Crippen LogP contribution in [0.1, 0.15) is 27.4 Å². The number of rotatable bonds is 7. The first-order chi connectivity index (χ1) is 13.9. The number of hydrogen-bond donors (Lipinski definition) is 1. The van der Waals surface area contributed by atoms with Crippen LogP contribution >= 0.6 is 11.6 Å². The summed E-state index contributed by atoms with van der Waals surface area (Å²) in [5, 5.41) is 15.1. The van der Waals surface area contributed by atoms with Crippen molar-refractivity contribution in [3.8, 4) is 5.75 Å². The monoisotopic (exact) mass is 413 g/mol. The van der Waals surface area contributed by atoms with E-state index in [4.69, 9.17) is 20.8 Å². The highest BCUT2D eigenvalue weighted by Crippen LogP contribution is 2.28. The normalized spacial score (nSPS) is 10.8. The maximum Gasteiger partial charge on any atom is 0.271 e. The van der Waals surface area contributed by atoms with Gasteiger partial charge in [-0.05, 0) is 36.8 Å². The zero-order valence-corrected chi connectivity index (χ0v) is 16.1. The number of nitrogens with zero attached hydrogens (tertiary/aromatic N) is 2. The molecule has 9 heteroatoms. The van der Waals surface area contributed by atoms with E-state index in [-0.39, 0.29) is 17.9 Å². The number of hydrazone groups is 1. The van der Waals surface area contributed by atoms with E-state index in [1.54, 1.807) is 18.2 Å². The van der Waals surface area contributed by atoms with Crippen LogP contribution in [0.25, 0.3) is 0 Å². The van der Waals surface area contributed by atoms with Crippen molar-refractivity contribution in [1.29, 1.82) is 0 Å². The van der Waals surface area contributed by atoms with Crippen molar-refractivity contribution in [2.45, 2.75) is 13.5 Å². The van der Waals surface area contributed by atoms with Crippen molar-refractivity contribution in [3.05, 3.63) is 92.4 Å². The molecule has 29 heavy (non-hydrogen) atoms. The summed E-state index contributed by atoms with van der Waals surface area (Å²) in [6, 6.07) is 14.2. The molecule has 0 aliphatic rings. The van der Waals surface area contributed by atoms with Gasteiger partial charge in [-0.3, -0.25) is 14.9 Å². The lowest BCUT2D eigenvalue weighted by Crippen LogP contribution is -2.17. The van der Waals surface area contributed by atoms with E-state index >= 15 is 0 Å². The molecule has 8 nitrogen and oxygen atoms in total. The Bertz CT molecular complexity index is 1060. The number of nitro benzene ring substituents is 1. The molecule has 2 aromatic carbocycles. The third-order valence-corrected chi connectivity index (χ3v) is 4.18. The minimum absolute atomic E-state index is 0.125. The minimum atomic E-state index is -0.575. The van der Waals surface area contributed by atoms with E-state index in [1.807, 2.05) is 19.1 Å². The summed E-state index contributed by atoms with van der Waals surface area (Å²) in [7, 11) is 0. The third-order valence-electron chi connectivity index (χ3n) is 3.88. The quantitative estimate of drug-likeness (QED) is 0.349. The van der Waals surface area contributed by atoms with Crippen LogP contribution in [-0.2, 0) is 6.61 Å². The van der Waals surface area contributed by atoms with Crippen LogP contribution in [0.5, 0.6) is 5.75 Å². The Kier molecular flexibility index (Phi) is 6.25. The van der Waals surface area contributed by atoms with Crippen molar-refractivity contribution in [3.63, 3.8) is 0 Å². The number of nitro groups is 1. The van der Waals surface area contributed by atoms with E-state index in [9.17, 15) is 14.9 Å². The number of aryl methyl sites for hydroxylation is 1. The molecule has 0 spiro atoms. The molecule has 1 aromatic heterocycles. The molecule has 1 amide bonds. The number of benzene rings is 2. The number of furan rings is 1. The average molecular weight is 414 g/mol. The predicted molar refractivity (Wildman–Crippen MR) is 107 cm³/mol. The van der Waals surface area contributed by atoms with Gasteiger partial charge in [-0.1, -0.05) is 29.8 Å². The van der Waals surface area contributed by atoms with Crippen LogP contribution in [0.4, 0.5) is 5.69 Å². The number of amides is 1. The zero-order chi connectivity index (χ0) is 20.8. The van der Waals surface area contributed by atoms with E-state index in [0.717, 1.165) is 5.56 Å². The van der Waals surface area contributed by atoms with Gasteiger partial charge in [-0.15, -0.1) is 0 Å². The van der Waals surface area contributed by atoms with Crippen LogP contribution in [0.3, 0.4) is 0 Å². The van der Waals surface area contributed by atoms with Gasteiger partial charge in [0, 0.05) is 17.7 Å². The molecular weight excluding hydrogens is 398 g/mol. The lowest BCUT2D eigenvalue weighted by molar-refractivity contribution is -0.384. The van der Waals surface area contributed by atoms with E-state index in [0.29, 0.717) is 22.3 Å². The Balaban J connectivity index is 1.57. The molecule has 148 valence electrons. The van der Waals surface area contributed by atoms with Gasteiger partial charge in [0.25, 0.3) is 11.6 Å². The predicted octanol–water partition coefficient (Wildman–Crippen LogP) is 4.49. The van der Waals surface area contributed by atoms with Crippen LogP contribution in [0, 0.1) is 17.0 Å². The molecule has 0 bridgehead atoms. The maximum atomic E-state index is 12.0. The second kappa shape index (κ2) is 9.03. The molecule has 0 saturated heterocycles. The summed E-state index contributed by atoms with van der Waals surface area (Å²) < 4.78 is 11.3. The second-order valence-corrected chi connectivity index (χ2v) is 6.39. The Morgan fingerprint density at radius 1 is 1.28 bits per heavy atom. The SMILES string of the molecule is Cc1cccc(Cl)c1OCc1ccc(/C=N/NC(=O)c2cccc([N+](=O)[O-])c2)o1. The molecule has 0 unspecified atom stereocenters. The fourth-order valence-electron chi connectivity index (χ4n) is 2.46. The Hall–Kier alpha value is -3.65. The number of halogens is 1. The van der Waals surface area contributed by atoms with Gasteiger partial charge >= 0.3 is 0 Å². The average Bonchev–Trinajstić information content (AvgIpc) is 3.15. The van der Waals surface area contributed by atoms with Crippen LogP contribution in [-0.4, -0.2) is 17.0 Å². The summed E-state index contributed by atoms with van der Waals surface area (Å²) in [4.78, 5) is 22.2. The topological polar surface area (TPSA) is 107 Å². The first kappa shape index (κ1) is 20.1. The first-order valence-corrected chi connectivity index (χ1v) is 8.86.